The predicted molar refractivity (Wildman–Crippen MR) is 123 cm³/mol. The van der Waals surface area contributed by atoms with Crippen molar-refractivity contribution < 1.29 is 24.7 Å². The number of carbonyl (C=O) groups is 3. The van der Waals surface area contributed by atoms with Gasteiger partial charge in [-0.15, -0.1) is 0 Å². The Morgan fingerprint density at radius 1 is 0.969 bits per heavy atom. The minimum atomic E-state index is -1.28. The van der Waals surface area contributed by atoms with Gasteiger partial charge >= 0.3 is 0 Å². The highest BCUT2D eigenvalue weighted by atomic mass is 16.5. The molecular formula is C24H37N3O5. The molecule has 4 N–H and O–H groups in total. The van der Waals surface area contributed by atoms with Gasteiger partial charge in [0.15, 0.2) is 0 Å². The van der Waals surface area contributed by atoms with E-state index in [4.69, 9.17) is 0 Å². The molecule has 0 saturated carbocycles. The van der Waals surface area contributed by atoms with Gasteiger partial charge < -0.3 is 5.11 Å². The highest BCUT2D eigenvalue weighted by molar-refractivity contribution is 5.89. The van der Waals surface area contributed by atoms with E-state index in [9.17, 15) is 24.7 Å². The molecule has 0 aliphatic carbocycles. The van der Waals surface area contributed by atoms with E-state index in [0.717, 1.165) is 10.6 Å². The van der Waals surface area contributed by atoms with Crippen LogP contribution in [0.25, 0.3) is 6.08 Å². The third-order valence-corrected chi connectivity index (χ3v) is 4.91. The molecule has 1 rings (SSSR count). The van der Waals surface area contributed by atoms with E-state index in [0.29, 0.717) is 6.42 Å². The van der Waals surface area contributed by atoms with Gasteiger partial charge in [-0.1, -0.05) is 70.2 Å². The third-order valence-electron chi connectivity index (χ3n) is 4.91. The first kappa shape index (κ1) is 27.3. The van der Waals surface area contributed by atoms with Crippen LogP contribution in [0.3, 0.4) is 0 Å². The summed E-state index contributed by atoms with van der Waals surface area (Å²) in [6.07, 6.45) is 2.97. The van der Waals surface area contributed by atoms with Crippen molar-refractivity contribution in [3.05, 3.63) is 42.0 Å². The fourth-order valence-electron chi connectivity index (χ4n) is 3.41. The van der Waals surface area contributed by atoms with Crippen LogP contribution in [-0.2, 0) is 14.4 Å². The molecule has 8 heteroatoms. The van der Waals surface area contributed by atoms with Crippen molar-refractivity contribution in [1.29, 1.82) is 0 Å². The van der Waals surface area contributed by atoms with E-state index in [1.165, 1.54) is 6.92 Å². The summed E-state index contributed by atoms with van der Waals surface area (Å²) >= 11 is 0. The number of aliphatic hydroxyl groups excluding tert-OH is 1. The third kappa shape index (κ3) is 9.20. The van der Waals surface area contributed by atoms with Gasteiger partial charge in [0.1, 0.15) is 6.10 Å². The van der Waals surface area contributed by atoms with Gasteiger partial charge in [0.05, 0.1) is 11.8 Å². The molecule has 0 aliphatic heterocycles. The Morgan fingerprint density at radius 2 is 1.59 bits per heavy atom. The summed E-state index contributed by atoms with van der Waals surface area (Å²) in [4.78, 5) is 38.1. The van der Waals surface area contributed by atoms with Crippen molar-refractivity contribution in [3.63, 3.8) is 0 Å². The number of carbonyl (C=O) groups excluding carboxylic acids is 3. The van der Waals surface area contributed by atoms with Crippen LogP contribution in [0, 0.1) is 23.7 Å². The van der Waals surface area contributed by atoms with Crippen LogP contribution in [0.15, 0.2) is 36.4 Å². The number of benzene rings is 1. The van der Waals surface area contributed by atoms with Crippen LogP contribution in [0.5, 0.6) is 0 Å². The molecular weight excluding hydrogens is 410 g/mol. The second kappa shape index (κ2) is 13.6. The Kier molecular flexibility index (Phi) is 11.7. The second-order valence-corrected chi connectivity index (χ2v) is 8.86. The summed E-state index contributed by atoms with van der Waals surface area (Å²) in [5, 5.41) is 20.1. The molecule has 0 heterocycles. The Bertz CT molecular complexity index is 762. The zero-order chi connectivity index (χ0) is 24.3. The zero-order valence-electron chi connectivity index (χ0n) is 19.6. The van der Waals surface area contributed by atoms with Crippen molar-refractivity contribution in [2.75, 3.05) is 6.54 Å². The van der Waals surface area contributed by atoms with Crippen LogP contribution < -0.4 is 10.9 Å². The SMILES string of the molecule is CC(C)C[C@@H](C(=O)NN(CC(C)C)C(=O)[C@@H](C)O)[C@H](CC=Cc1ccccc1)C(=O)NO. The number of aliphatic hydroxyl groups is 1. The van der Waals surface area contributed by atoms with Gasteiger partial charge in [0.2, 0.25) is 11.8 Å². The monoisotopic (exact) mass is 447 g/mol. The number of nitrogens with one attached hydrogen (secondary N) is 2. The number of nitrogens with zero attached hydrogens (tertiary/aromatic N) is 1. The van der Waals surface area contributed by atoms with Crippen LogP contribution in [-0.4, -0.2) is 45.7 Å². The zero-order valence-corrected chi connectivity index (χ0v) is 19.6. The number of hydroxylamine groups is 1. The summed E-state index contributed by atoms with van der Waals surface area (Å²) in [7, 11) is 0. The fourth-order valence-corrected chi connectivity index (χ4v) is 3.41. The van der Waals surface area contributed by atoms with E-state index < -0.39 is 35.7 Å². The van der Waals surface area contributed by atoms with Gasteiger partial charge in [-0.05, 0) is 37.2 Å². The van der Waals surface area contributed by atoms with Crippen LogP contribution in [0.4, 0.5) is 0 Å². The molecule has 32 heavy (non-hydrogen) atoms. The molecule has 0 unspecified atom stereocenters. The Morgan fingerprint density at radius 3 is 2.09 bits per heavy atom. The quantitative estimate of drug-likeness (QED) is 0.307. The van der Waals surface area contributed by atoms with Gasteiger partial charge in [0.25, 0.3) is 5.91 Å². The lowest BCUT2D eigenvalue weighted by Crippen LogP contribution is -2.54. The van der Waals surface area contributed by atoms with E-state index in [1.54, 1.807) is 11.6 Å². The molecule has 0 aliphatic rings. The van der Waals surface area contributed by atoms with E-state index in [2.05, 4.69) is 5.43 Å². The van der Waals surface area contributed by atoms with Crippen molar-refractivity contribution in [2.45, 2.75) is 53.6 Å². The molecule has 3 amide bonds. The molecule has 0 aromatic heterocycles. The Hall–Kier alpha value is -2.71. The Balaban J connectivity index is 3.13. The molecule has 8 nitrogen and oxygen atoms in total. The number of rotatable bonds is 11. The number of allylic oxidation sites excluding steroid dienone is 1. The summed E-state index contributed by atoms with van der Waals surface area (Å²) in [6, 6.07) is 9.53. The topological polar surface area (TPSA) is 119 Å². The predicted octanol–water partition coefficient (Wildman–Crippen LogP) is 2.77. The van der Waals surface area contributed by atoms with Crippen molar-refractivity contribution >= 4 is 23.8 Å². The van der Waals surface area contributed by atoms with Gasteiger partial charge in [0, 0.05) is 6.54 Å². The first-order valence-electron chi connectivity index (χ1n) is 11.0. The average Bonchev–Trinajstić information content (AvgIpc) is 2.74. The van der Waals surface area contributed by atoms with Crippen molar-refractivity contribution in [2.24, 2.45) is 23.7 Å². The van der Waals surface area contributed by atoms with Crippen LogP contribution >= 0.6 is 0 Å². The maximum atomic E-state index is 13.2. The second-order valence-electron chi connectivity index (χ2n) is 8.86. The van der Waals surface area contributed by atoms with Gasteiger partial charge in [-0.25, -0.2) is 5.48 Å². The normalized spacial score (nSPS) is 14.3. The van der Waals surface area contributed by atoms with Crippen molar-refractivity contribution in [1.82, 2.24) is 15.9 Å². The van der Waals surface area contributed by atoms with Gasteiger partial charge in [-0.2, -0.15) is 0 Å². The highest BCUT2D eigenvalue weighted by Gasteiger charge is 2.35. The van der Waals surface area contributed by atoms with Crippen molar-refractivity contribution in [3.8, 4) is 0 Å². The van der Waals surface area contributed by atoms with Crippen LogP contribution in [0.2, 0.25) is 0 Å². The summed E-state index contributed by atoms with van der Waals surface area (Å²) < 4.78 is 0. The molecule has 178 valence electrons. The maximum Gasteiger partial charge on any atom is 0.269 e. The standard InChI is InChI=1S/C24H37N3O5/c1-16(2)14-21(22(29)25-27(15-17(3)4)24(31)18(5)28)20(23(30)26-32)13-9-12-19-10-7-6-8-11-19/h6-12,16-18,20-21,28,32H,13-15H2,1-5H3,(H,25,29)(H,26,30)/t18-,20+,21-/m1/s1. The summed E-state index contributed by atoms with van der Waals surface area (Å²) in [5.74, 6) is -3.29. The first-order valence-corrected chi connectivity index (χ1v) is 11.0. The van der Waals surface area contributed by atoms with E-state index in [1.807, 2.05) is 64.1 Å². The number of hydrogen-bond acceptors (Lipinski definition) is 5. The lowest BCUT2D eigenvalue weighted by atomic mass is 9.82. The minimum absolute atomic E-state index is 0.0480. The summed E-state index contributed by atoms with van der Waals surface area (Å²) in [5.41, 5.74) is 5.23. The summed E-state index contributed by atoms with van der Waals surface area (Å²) in [6.45, 7) is 9.19. The number of amides is 3. The first-order chi connectivity index (χ1) is 15.1. The average molecular weight is 448 g/mol. The molecule has 0 fully saturated rings. The molecule has 1 aromatic rings. The molecule has 3 atom stereocenters. The number of hydrogen-bond donors (Lipinski definition) is 4. The smallest absolute Gasteiger partial charge is 0.269 e. The lowest BCUT2D eigenvalue weighted by molar-refractivity contribution is -0.151. The maximum absolute atomic E-state index is 13.2. The lowest BCUT2D eigenvalue weighted by Gasteiger charge is -2.31. The highest BCUT2D eigenvalue weighted by Crippen LogP contribution is 2.25. The molecule has 0 saturated heterocycles. The Labute approximate surface area is 190 Å². The molecule has 0 spiro atoms. The number of hydrazine groups is 1. The van der Waals surface area contributed by atoms with E-state index >= 15 is 0 Å². The minimum Gasteiger partial charge on any atom is -0.383 e. The van der Waals surface area contributed by atoms with Gasteiger partial charge in [-0.3, -0.25) is 30.0 Å². The molecule has 1 aromatic carbocycles. The largest absolute Gasteiger partial charge is 0.383 e. The van der Waals surface area contributed by atoms with E-state index in [-0.39, 0.29) is 24.8 Å². The molecule has 0 radical (unpaired) electrons. The fraction of sp³-hybridized carbons (Fsp3) is 0.542. The van der Waals surface area contributed by atoms with Crippen LogP contribution in [0.1, 0.15) is 53.0 Å². The molecule has 0 bridgehead atoms.